The molecule has 4 nitrogen and oxygen atoms in total. The van der Waals surface area contributed by atoms with E-state index in [1.165, 1.54) is 6.92 Å². The Morgan fingerprint density at radius 1 is 1.42 bits per heavy atom. The number of nitrogens with zero attached hydrogens (tertiary/aromatic N) is 2. The lowest BCUT2D eigenvalue weighted by Crippen LogP contribution is -1.99. The first-order chi connectivity index (χ1) is 8.97. The van der Waals surface area contributed by atoms with E-state index in [1.54, 1.807) is 24.4 Å². The molecule has 2 aromatic rings. The minimum atomic E-state index is 0.0277. The topological polar surface area (TPSA) is 44.1 Å². The maximum atomic E-state index is 11.3. The summed E-state index contributed by atoms with van der Waals surface area (Å²) in [6.07, 6.45) is 3.52. The largest absolute Gasteiger partial charge is 0.453 e. The van der Waals surface area contributed by atoms with Crippen molar-refractivity contribution in [2.45, 2.75) is 26.8 Å². The molecular formula is C14H15BrN2O2. The van der Waals surface area contributed by atoms with Crippen molar-refractivity contribution in [1.29, 1.82) is 0 Å². The van der Waals surface area contributed by atoms with Crippen LogP contribution in [-0.2, 0) is 0 Å². The third-order valence-electron chi connectivity index (χ3n) is 2.67. The summed E-state index contributed by atoms with van der Waals surface area (Å²) in [4.78, 5) is 11.3. The molecule has 0 atom stereocenters. The van der Waals surface area contributed by atoms with E-state index in [1.807, 2.05) is 24.7 Å². The zero-order valence-electron chi connectivity index (χ0n) is 11.1. The van der Waals surface area contributed by atoms with Gasteiger partial charge in [-0.05, 0) is 54.9 Å². The molecule has 0 saturated carbocycles. The zero-order chi connectivity index (χ0) is 14.0. The van der Waals surface area contributed by atoms with Gasteiger partial charge in [0.15, 0.2) is 11.5 Å². The van der Waals surface area contributed by atoms with Crippen LogP contribution in [0.3, 0.4) is 0 Å². The quantitative estimate of drug-likeness (QED) is 0.791. The molecule has 0 saturated heterocycles. The molecule has 2 rings (SSSR count). The van der Waals surface area contributed by atoms with Gasteiger partial charge in [0.05, 0.1) is 16.9 Å². The number of carbonyl (C=O) groups excluding carboxylic acids is 1. The van der Waals surface area contributed by atoms with Gasteiger partial charge in [0.25, 0.3) is 0 Å². The first kappa shape index (κ1) is 13.8. The predicted molar refractivity (Wildman–Crippen MR) is 76.8 cm³/mol. The van der Waals surface area contributed by atoms with Gasteiger partial charge in [-0.15, -0.1) is 0 Å². The van der Waals surface area contributed by atoms with Crippen molar-refractivity contribution in [1.82, 2.24) is 9.78 Å². The number of ether oxygens (including phenoxy) is 1. The Morgan fingerprint density at radius 3 is 2.68 bits per heavy atom. The van der Waals surface area contributed by atoms with Crippen molar-refractivity contribution in [3.05, 3.63) is 40.6 Å². The lowest BCUT2D eigenvalue weighted by molar-refractivity contribution is 0.101. The summed E-state index contributed by atoms with van der Waals surface area (Å²) in [5.74, 6) is 1.36. The van der Waals surface area contributed by atoms with Gasteiger partial charge < -0.3 is 4.74 Å². The molecule has 0 unspecified atom stereocenters. The van der Waals surface area contributed by atoms with Gasteiger partial charge >= 0.3 is 0 Å². The van der Waals surface area contributed by atoms with Gasteiger partial charge in [-0.1, -0.05) is 0 Å². The number of Topliss-reactive ketones (excluding diaryl/α,β-unsaturated/α-hetero) is 1. The molecule has 0 spiro atoms. The molecule has 1 heterocycles. The summed E-state index contributed by atoms with van der Waals surface area (Å²) in [6, 6.07) is 5.56. The molecule has 0 aliphatic heterocycles. The van der Waals surface area contributed by atoms with Crippen molar-refractivity contribution in [2.24, 2.45) is 0 Å². The summed E-state index contributed by atoms with van der Waals surface area (Å²) in [6.45, 7) is 5.64. The first-order valence-corrected chi connectivity index (χ1v) is 6.79. The van der Waals surface area contributed by atoms with E-state index in [2.05, 4.69) is 21.0 Å². The van der Waals surface area contributed by atoms with Crippen molar-refractivity contribution in [3.63, 3.8) is 0 Å². The van der Waals surface area contributed by atoms with Gasteiger partial charge in [0, 0.05) is 11.6 Å². The molecule has 19 heavy (non-hydrogen) atoms. The normalized spacial score (nSPS) is 10.8. The highest BCUT2D eigenvalue weighted by Gasteiger charge is 2.08. The van der Waals surface area contributed by atoms with Crippen LogP contribution in [0.1, 0.15) is 37.2 Å². The molecule has 0 amide bonds. The van der Waals surface area contributed by atoms with E-state index in [-0.39, 0.29) is 5.78 Å². The molecule has 0 N–H and O–H groups in total. The summed E-state index contributed by atoms with van der Waals surface area (Å²) < 4.78 is 8.31. The van der Waals surface area contributed by atoms with E-state index in [4.69, 9.17) is 4.74 Å². The van der Waals surface area contributed by atoms with Crippen molar-refractivity contribution in [3.8, 4) is 11.5 Å². The number of rotatable bonds is 4. The third kappa shape index (κ3) is 3.23. The van der Waals surface area contributed by atoms with E-state index in [9.17, 15) is 4.79 Å². The number of aromatic nitrogens is 2. The summed E-state index contributed by atoms with van der Waals surface area (Å²) in [5.41, 5.74) is 0.650. The van der Waals surface area contributed by atoms with Gasteiger partial charge in [-0.25, -0.2) is 0 Å². The fraction of sp³-hybridized carbons (Fsp3) is 0.286. The molecule has 0 bridgehead atoms. The third-order valence-corrected chi connectivity index (χ3v) is 3.29. The van der Waals surface area contributed by atoms with Crippen molar-refractivity contribution in [2.75, 3.05) is 0 Å². The number of carbonyl (C=O) groups is 1. The highest BCUT2D eigenvalue weighted by Crippen LogP contribution is 2.30. The van der Waals surface area contributed by atoms with E-state index in [0.717, 1.165) is 4.47 Å². The second kappa shape index (κ2) is 5.57. The Labute approximate surface area is 120 Å². The van der Waals surface area contributed by atoms with E-state index >= 15 is 0 Å². The molecule has 1 aromatic carbocycles. The Kier molecular flexibility index (Phi) is 4.04. The maximum absolute atomic E-state index is 11.3. The van der Waals surface area contributed by atoms with Crippen LogP contribution in [0.25, 0.3) is 0 Å². The lowest BCUT2D eigenvalue weighted by atomic mass is 10.1. The monoisotopic (exact) mass is 322 g/mol. The van der Waals surface area contributed by atoms with Gasteiger partial charge in [-0.2, -0.15) is 5.10 Å². The van der Waals surface area contributed by atoms with Gasteiger partial charge in [0.1, 0.15) is 5.75 Å². The maximum Gasteiger partial charge on any atom is 0.165 e. The molecule has 0 aliphatic rings. The fourth-order valence-electron chi connectivity index (χ4n) is 1.59. The first-order valence-electron chi connectivity index (χ1n) is 6.00. The second-order valence-electron chi connectivity index (χ2n) is 4.55. The molecule has 0 radical (unpaired) electrons. The summed E-state index contributed by atoms with van der Waals surface area (Å²) >= 11 is 3.40. The fourth-order valence-corrected chi connectivity index (χ4v) is 2.05. The Balaban J connectivity index is 2.20. The van der Waals surface area contributed by atoms with Crippen LogP contribution in [0.4, 0.5) is 0 Å². The average Bonchev–Trinajstić information content (AvgIpc) is 2.80. The highest BCUT2D eigenvalue weighted by molar-refractivity contribution is 9.10. The molecule has 5 heteroatoms. The summed E-state index contributed by atoms with van der Waals surface area (Å²) in [7, 11) is 0. The number of ketones is 1. The van der Waals surface area contributed by atoms with E-state index in [0.29, 0.717) is 23.1 Å². The molecule has 1 aromatic heterocycles. The zero-order valence-corrected chi connectivity index (χ0v) is 12.6. The van der Waals surface area contributed by atoms with Crippen molar-refractivity contribution >= 4 is 21.7 Å². The average molecular weight is 323 g/mol. The number of halogens is 1. The van der Waals surface area contributed by atoms with Crippen LogP contribution in [0.5, 0.6) is 11.5 Å². The Hall–Kier alpha value is -1.62. The minimum Gasteiger partial charge on any atom is -0.453 e. The molecule has 100 valence electrons. The van der Waals surface area contributed by atoms with Crippen molar-refractivity contribution < 1.29 is 9.53 Å². The summed E-state index contributed by atoms with van der Waals surface area (Å²) in [5, 5.41) is 4.21. The lowest BCUT2D eigenvalue weighted by Gasteiger charge is -2.07. The van der Waals surface area contributed by atoms with Crippen LogP contribution < -0.4 is 4.74 Å². The Bertz CT molecular complexity index is 605. The standard InChI is InChI=1S/C14H15BrN2O2/c1-9(2)17-8-12(7-16-17)19-14-5-4-11(10(3)18)6-13(14)15/h4-9H,1-3H3. The minimum absolute atomic E-state index is 0.0277. The van der Waals surface area contributed by atoms with Gasteiger partial charge in [0.2, 0.25) is 0 Å². The SMILES string of the molecule is CC(=O)c1ccc(Oc2cnn(C(C)C)c2)c(Br)c1. The highest BCUT2D eigenvalue weighted by atomic mass is 79.9. The smallest absolute Gasteiger partial charge is 0.165 e. The van der Waals surface area contributed by atoms with Crippen LogP contribution in [-0.4, -0.2) is 15.6 Å². The van der Waals surface area contributed by atoms with Crippen LogP contribution in [0.2, 0.25) is 0 Å². The predicted octanol–water partition coefficient (Wildman–Crippen LogP) is 4.22. The van der Waals surface area contributed by atoms with Crippen LogP contribution >= 0.6 is 15.9 Å². The van der Waals surface area contributed by atoms with Crippen LogP contribution in [0, 0.1) is 0 Å². The van der Waals surface area contributed by atoms with Crippen LogP contribution in [0.15, 0.2) is 35.1 Å². The Morgan fingerprint density at radius 2 is 2.16 bits per heavy atom. The molecule has 0 aliphatic carbocycles. The van der Waals surface area contributed by atoms with E-state index < -0.39 is 0 Å². The number of benzene rings is 1. The number of hydrogen-bond acceptors (Lipinski definition) is 3. The number of hydrogen-bond donors (Lipinski definition) is 0. The molecule has 0 fully saturated rings. The molecular weight excluding hydrogens is 308 g/mol. The second-order valence-corrected chi connectivity index (χ2v) is 5.41. The van der Waals surface area contributed by atoms with Gasteiger partial charge in [-0.3, -0.25) is 9.48 Å².